The van der Waals surface area contributed by atoms with Gasteiger partial charge in [-0.3, -0.25) is 3.97 Å². The van der Waals surface area contributed by atoms with Crippen LogP contribution in [0.2, 0.25) is 0 Å². The van der Waals surface area contributed by atoms with Crippen molar-refractivity contribution in [3.63, 3.8) is 0 Å². The molecule has 0 aliphatic carbocycles. The van der Waals surface area contributed by atoms with Gasteiger partial charge in [-0.25, -0.2) is 4.98 Å². The van der Waals surface area contributed by atoms with Crippen molar-refractivity contribution in [2.24, 2.45) is 0 Å². The van der Waals surface area contributed by atoms with E-state index < -0.39 is 0 Å². The van der Waals surface area contributed by atoms with E-state index in [0.29, 0.717) is 5.37 Å². The van der Waals surface area contributed by atoms with Crippen molar-refractivity contribution >= 4 is 11.9 Å². The molecule has 0 fully saturated rings. The second-order valence-electron chi connectivity index (χ2n) is 2.25. The van der Waals surface area contributed by atoms with Gasteiger partial charge in [0.15, 0.2) is 0 Å². The highest BCUT2D eigenvalue weighted by Crippen LogP contribution is 2.12. The maximum absolute atomic E-state index is 4.10. The van der Waals surface area contributed by atoms with Crippen molar-refractivity contribution in [3.05, 3.63) is 25.3 Å². The molecule has 1 atom stereocenters. The number of nitrogens with zero attached hydrogens (tertiary/aromatic N) is 2. The van der Waals surface area contributed by atoms with Crippen LogP contribution in [0.1, 0.15) is 12.7 Å². The Morgan fingerprint density at radius 2 is 2.55 bits per heavy atom. The molecule has 1 radical (unpaired) electrons. The zero-order valence-electron chi connectivity index (χ0n) is 6.74. The molecule has 1 rings (SSSR count). The topological polar surface area (TPSA) is 29.9 Å². The molecular formula is C7H12N3S. The predicted octanol–water partition coefficient (Wildman–Crippen LogP) is 1.42. The maximum Gasteiger partial charge on any atom is 0.115 e. The van der Waals surface area contributed by atoms with E-state index in [4.69, 9.17) is 0 Å². The van der Waals surface area contributed by atoms with Crippen molar-refractivity contribution in [1.82, 2.24) is 14.3 Å². The van der Waals surface area contributed by atoms with Gasteiger partial charge in [-0.2, -0.15) is 0 Å². The van der Waals surface area contributed by atoms with Crippen LogP contribution in [-0.2, 0) is 0 Å². The molecule has 0 amide bonds. The van der Waals surface area contributed by atoms with Crippen molar-refractivity contribution in [2.75, 3.05) is 0 Å². The molecule has 11 heavy (non-hydrogen) atoms. The fourth-order valence-corrected chi connectivity index (χ4v) is 1.43. The van der Waals surface area contributed by atoms with Crippen LogP contribution in [-0.4, -0.2) is 14.3 Å². The minimum Gasteiger partial charge on any atom is -0.303 e. The van der Waals surface area contributed by atoms with Gasteiger partial charge in [0.05, 0.1) is 5.37 Å². The summed E-state index contributed by atoms with van der Waals surface area (Å²) in [5.74, 6) is 1.01. The van der Waals surface area contributed by atoms with Gasteiger partial charge in [-0.1, -0.05) is 0 Å². The van der Waals surface area contributed by atoms with Gasteiger partial charge >= 0.3 is 0 Å². The van der Waals surface area contributed by atoms with Crippen LogP contribution in [0.3, 0.4) is 0 Å². The lowest BCUT2D eigenvalue weighted by atomic mass is 10.7. The third-order valence-corrected chi connectivity index (χ3v) is 2.44. The summed E-state index contributed by atoms with van der Waals surface area (Å²) in [6.45, 7) is 4.03. The number of rotatable bonds is 3. The van der Waals surface area contributed by atoms with Gasteiger partial charge < -0.3 is 5.32 Å². The molecule has 3 nitrogen and oxygen atoms in total. The van der Waals surface area contributed by atoms with Crippen molar-refractivity contribution in [1.29, 1.82) is 0 Å². The number of nitrogens with one attached hydrogen (secondary N) is 1. The lowest BCUT2D eigenvalue weighted by molar-refractivity contribution is 0.844. The van der Waals surface area contributed by atoms with E-state index in [0.717, 1.165) is 5.82 Å². The molecule has 1 aromatic heterocycles. The van der Waals surface area contributed by atoms with Crippen molar-refractivity contribution < 1.29 is 0 Å². The highest BCUT2D eigenvalue weighted by Gasteiger charge is 2.01. The number of imidazole rings is 1. The Hall–Kier alpha value is -0.480. The minimum atomic E-state index is 0.308. The molecule has 0 aliphatic heterocycles. The summed E-state index contributed by atoms with van der Waals surface area (Å²) in [5.41, 5.74) is 0. The average molecular weight is 170 g/mol. The standard InChI is InChI=1S/C7H12N3S/c1-6-9-4-5-10(6)11-7(2)8-3/h4-5,7-8H,3H2,1-2H3. The van der Waals surface area contributed by atoms with Crippen molar-refractivity contribution in [3.8, 4) is 0 Å². The molecule has 0 aliphatic rings. The Morgan fingerprint density at radius 3 is 3.00 bits per heavy atom. The largest absolute Gasteiger partial charge is 0.303 e. The zero-order chi connectivity index (χ0) is 8.27. The normalized spacial score (nSPS) is 13.4. The monoisotopic (exact) mass is 170 g/mol. The Kier molecular flexibility index (Phi) is 2.96. The van der Waals surface area contributed by atoms with E-state index in [1.165, 1.54) is 0 Å². The first-order valence-electron chi connectivity index (χ1n) is 3.43. The van der Waals surface area contributed by atoms with E-state index in [-0.39, 0.29) is 0 Å². The third kappa shape index (κ3) is 2.24. The molecule has 0 spiro atoms. The molecule has 1 unspecified atom stereocenters. The molecule has 0 bridgehead atoms. The van der Waals surface area contributed by atoms with Gasteiger partial charge in [-0.15, -0.1) is 0 Å². The summed E-state index contributed by atoms with van der Waals surface area (Å²) < 4.78 is 2.02. The molecule has 61 valence electrons. The van der Waals surface area contributed by atoms with E-state index in [1.807, 2.05) is 17.1 Å². The fourth-order valence-electron chi connectivity index (χ4n) is 0.686. The SMILES string of the molecule is [CH2]NC(C)Sn1ccnc1C. The fraction of sp³-hybridized carbons (Fsp3) is 0.429. The van der Waals surface area contributed by atoms with E-state index in [9.17, 15) is 0 Å². The Labute approximate surface area is 71.3 Å². The first kappa shape index (κ1) is 8.62. The second-order valence-corrected chi connectivity index (χ2v) is 3.56. The highest BCUT2D eigenvalue weighted by molar-refractivity contribution is 7.98. The molecule has 1 aromatic rings. The smallest absolute Gasteiger partial charge is 0.115 e. The van der Waals surface area contributed by atoms with Gasteiger partial charge in [0.2, 0.25) is 0 Å². The third-order valence-electron chi connectivity index (χ3n) is 1.34. The first-order valence-corrected chi connectivity index (χ1v) is 4.27. The lowest BCUT2D eigenvalue weighted by Crippen LogP contribution is -2.16. The Morgan fingerprint density at radius 1 is 1.82 bits per heavy atom. The average Bonchev–Trinajstić information content (AvgIpc) is 2.37. The van der Waals surface area contributed by atoms with Crippen LogP contribution in [0, 0.1) is 14.0 Å². The summed E-state index contributed by atoms with van der Waals surface area (Å²) in [7, 11) is 3.59. The summed E-state index contributed by atoms with van der Waals surface area (Å²) in [4.78, 5) is 4.10. The molecule has 0 aromatic carbocycles. The van der Waals surface area contributed by atoms with Crippen LogP contribution in [0.15, 0.2) is 12.4 Å². The van der Waals surface area contributed by atoms with Crippen LogP contribution in [0.5, 0.6) is 0 Å². The van der Waals surface area contributed by atoms with Gasteiger partial charge in [0.1, 0.15) is 5.82 Å². The highest BCUT2D eigenvalue weighted by atomic mass is 32.2. The summed E-state index contributed by atoms with van der Waals surface area (Å²) >= 11 is 1.66. The molecule has 1 heterocycles. The summed E-state index contributed by atoms with van der Waals surface area (Å²) in [6, 6.07) is 0. The molecular weight excluding hydrogens is 158 g/mol. The minimum absolute atomic E-state index is 0.308. The van der Waals surface area contributed by atoms with Crippen LogP contribution in [0.4, 0.5) is 0 Å². The number of aromatic nitrogens is 2. The number of hydrogen-bond acceptors (Lipinski definition) is 3. The Bertz CT molecular complexity index is 221. The second kappa shape index (κ2) is 3.78. The molecule has 0 saturated carbocycles. The van der Waals surface area contributed by atoms with E-state index >= 15 is 0 Å². The number of aryl methyl sites for hydroxylation is 1. The van der Waals surface area contributed by atoms with E-state index in [1.54, 1.807) is 18.1 Å². The van der Waals surface area contributed by atoms with Crippen LogP contribution >= 0.6 is 11.9 Å². The Balaban J connectivity index is 2.56. The van der Waals surface area contributed by atoms with E-state index in [2.05, 4.69) is 24.3 Å². The van der Waals surface area contributed by atoms with Gasteiger partial charge in [-0.05, 0) is 25.8 Å². The molecule has 4 heteroatoms. The summed E-state index contributed by atoms with van der Waals surface area (Å²) in [5, 5.41) is 3.20. The summed E-state index contributed by atoms with van der Waals surface area (Å²) in [6.07, 6.45) is 3.73. The predicted molar refractivity (Wildman–Crippen MR) is 47.9 cm³/mol. The van der Waals surface area contributed by atoms with Gasteiger partial charge in [0, 0.05) is 19.4 Å². The first-order chi connectivity index (χ1) is 5.24. The van der Waals surface area contributed by atoms with Crippen LogP contribution < -0.4 is 5.32 Å². The quantitative estimate of drug-likeness (QED) is 0.696. The number of hydrogen-bond donors (Lipinski definition) is 1. The lowest BCUT2D eigenvalue weighted by Gasteiger charge is -2.09. The van der Waals surface area contributed by atoms with Crippen molar-refractivity contribution in [2.45, 2.75) is 19.2 Å². The molecule has 1 N–H and O–H groups in total. The molecule has 0 saturated heterocycles. The zero-order valence-corrected chi connectivity index (χ0v) is 7.56. The van der Waals surface area contributed by atoms with Crippen LogP contribution in [0.25, 0.3) is 0 Å². The van der Waals surface area contributed by atoms with Gasteiger partial charge in [0.25, 0.3) is 0 Å². The maximum atomic E-state index is 4.10.